The van der Waals surface area contributed by atoms with Gasteiger partial charge >= 0.3 is 83.7 Å². The second-order valence-corrected chi connectivity index (χ2v) is 5.60. The van der Waals surface area contributed by atoms with Crippen molar-refractivity contribution in [3.05, 3.63) is 12.2 Å². The summed E-state index contributed by atoms with van der Waals surface area (Å²) in [4.78, 5) is 0. The summed E-state index contributed by atoms with van der Waals surface area (Å²) < 4.78 is 0. The molecule has 0 aromatic rings. The van der Waals surface area contributed by atoms with E-state index in [1.165, 1.54) is 42.7 Å². The molecule has 0 heterocycles. The van der Waals surface area contributed by atoms with Gasteiger partial charge in [-0.3, -0.25) is 0 Å². The van der Waals surface area contributed by atoms with Crippen molar-refractivity contribution < 1.29 is 0 Å². The number of unbranched alkanes of at least 4 members (excludes halogenated alkanes) is 3. The van der Waals surface area contributed by atoms with Crippen molar-refractivity contribution in [2.24, 2.45) is 0 Å². The molecule has 0 saturated heterocycles. The third-order valence-corrected chi connectivity index (χ3v) is 4.12. The summed E-state index contributed by atoms with van der Waals surface area (Å²) in [6, 6.07) is 0. The van der Waals surface area contributed by atoms with Crippen LogP contribution in [0.2, 0.25) is 10.6 Å². The number of rotatable bonds is 8. The average Bonchev–Trinajstić information content (AvgIpc) is 2.10. The average molecular weight is 233 g/mol. The van der Waals surface area contributed by atoms with Gasteiger partial charge in [0.15, 0.2) is 0 Å². The monoisotopic (exact) mass is 234 g/mol. The molecule has 12 heavy (non-hydrogen) atoms. The molecule has 72 valence electrons. The molecule has 0 unspecified atom stereocenters. The Kier molecular flexibility index (Phi) is 11.5. The Morgan fingerprint density at radius 2 is 1.92 bits per heavy atom. The Bertz CT molecular complexity index is 97.2. The van der Waals surface area contributed by atoms with Crippen molar-refractivity contribution >= 4 is 15.0 Å². The topological polar surface area (TPSA) is 0 Å². The van der Waals surface area contributed by atoms with Crippen LogP contribution in [0, 0.1) is 0 Å². The number of allylic oxidation sites excluding steroid dienone is 2. The van der Waals surface area contributed by atoms with Crippen LogP contribution in [0.1, 0.15) is 46.0 Å². The van der Waals surface area contributed by atoms with Crippen molar-refractivity contribution in [2.45, 2.75) is 56.6 Å². The molecule has 0 radical (unpaired) electrons. The van der Waals surface area contributed by atoms with Gasteiger partial charge in [0, 0.05) is 0 Å². The molecule has 0 amide bonds. The van der Waals surface area contributed by atoms with E-state index in [1.54, 1.807) is 0 Å². The predicted molar refractivity (Wildman–Crippen MR) is 58.9 cm³/mol. The first-order valence-corrected chi connectivity index (χ1v) is 7.53. The summed E-state index contributed by atoms with van der Waals surface area (Å²) in [5.74, 6) is 0. The van der Waals surface area contributed by atoms with Crippen molar-refractivity contribution in [3.63, 3.8) is 0 Å². The van der Waals surface area contributed by atoms with Gasteiger partial charge in [-0.2, -0.15) is 0 Å². The third kappa shape index (κ3) is 10.3. The molecule has 0 aliphatic heterocycles. The Morgan fingerprint density at radius 3 is 2.58 bits per heavy atom. The molecule has 0 N–H and O–H groups in total. The Morgan fingerprint density at radius 1 is 1.08 bits per heavy atom. The maximum absolute atomic E-state index is 2.29. The Balaban J connectivity index is 2.81. The first-order chi connectivity index (χ1) is 5.91. The first kappa shape index (κ1) is 12.3. The van der Waals surface area contributed by atoms with E-state index in [9.17, 15) is 0 Å². The van der Waals surface area contributed by atoms with Crippen LogP contribution >= 0.6 is 0 Å². The van der Waals surface area contributed by atoms with E-state index < -0.39 is 0 Å². The van der Waals surface area contributed by atoms with Gasteiger partial charge < -0.3 is 0 Å². The van der Waals surface area contributed by atoms with E-state index >= 15 is 0 Å². The summed E-state index contributed by atoms with van der Waals surface area (Å²) >= 11 is 0.924. The van der Waals surface area contributed by atoms with Crippen LogP contribution in [0.15, 0.2) is 12.2 Å². The zero-order valence-electron chi connectivity index (χ0n) is 8.51. The molecule has 0 saturated carbocycles. The van der Waals surface area contributed by atoms with Crippen molar-refractivity contribution in [3.8, 4) is 0 Å². The second-order valence-electron chi connectivity index (χ2n) is 3.03. The minimum absolute atomic E-state index is 0.924. The van der Waals surface area contributed by atoms with E-state index in [0.29, 0.717) is 0 Å². The van der Waals surface area contributed by atoms with E-state index in [0.717, 1.165) is 15.0 Å². The summed E-state index contributed by atoms with van der Waals surface area (Å²) in [5.41, 5.74) is 0. The van der Waals surface area contributed by atoms with Gasteiger partial charge in [0.1, 0.15) is 0 Å². The van der Waals surface area contributed by atoms with Crippen LogP contribution in [0.5, 0.6) is 0 Å². The molecular weight excluding hydrogens is 211 g/mol. The molecule has 0 rings (SSSR count). The SMILES string of the molecule is C/C=C/CC[Se]CCCCCC. The standard InChI is InChI=1S/C11H22Se/c1-3-5-7-9-11-12-10-8-6-4-2/h4,6H,3,5,7-11H2,1-2H3/b6-4+. The zero-order valence-corrected chi connectivity index (χ0v) is 10.2. The van der Waals surface area contributed by atoms with E-state index in [2.05, 4.69) is 26.0 Å². The molecule has 0 fully saturated rings. The van der Waals surface area contributed by atoms with Crippen molar-refractivity contribution in [1.82, 2.24) is 0 Å². The van der Waals surface area contributed by atoms with Crippen LogP contribution in [0.25, 0.3) is 0 Å². The maximum atomic E-state index is 2.29. The summed E-state index contributed by atoms with van der Waals surface area (Å²) in [6.45, 7) is 4.38. The van der Waals surface area contributed by atoms with E-state index in [-0.39, 0.29) is 0 Å². The molecule has 0 atom stereocenters. The summed E-state index contributed by atoms with van der Waals surface area (Å²) in [5, 5.41) is 2.95. The fourth-order valence-corrected chi connectivity index (χ4v) is 2.97. The van der Waals surface area contributed by atoms with Gasteiger partial charge in [-0.15, -0.1) is 0 Å². The quantitative estimate of drug-likeness (QED) is 0.337. The summed E-state index contributed by atoms with van der Waals surface area (Å²) in [7, 11) is 0. The molecule has 0 aromatic heterocycles. The van der Waals surface area contributed by atoms with Crippen LogP contribution < -0.4 is 0 Å². The normalized spacial score (nSPS) is 11.2. The fraction of sp³-hybridized carbons (Fsp3) is 0.818. The summed E-state index contributed by atoms with van der Waals surface area (Å²) in [6.07, 6.45) is 11.5. The minimum atomic E-state index is 0.924. The molecule has 0 aliphatic rings. The van der Waals surface area contributed by atoms with Crippen molar-refractivity contribution in [2.75, 3.05) is 0 Å². The molecule has 0 bridgehead atoms. The Hall–Kier alpha value is 0.259. The van der Waals surface area contributed by atoms with Gasteiger partial charge in [-0.05, 0) is 0 Å². The van der Waals surface area contributed by atoms with Gasteiger partial charge in [0.2, 0.25) is 0 Å². The first-order valence-electron chi connectivity index (χ1n) is 5.10. The van der Waals surface area contributed by atoms with E-state index in [4.69, 9.17) is 0 Å². The van der Waals surface area contributed by atoms with E-state index in [1.807, 2.05) is 0 Å². The number of hydrogen-bond acceptors (Lipinski definition) is 0. The van der Waals surface area contributed by atoms with Gasteiger partial charge in [-0.25, -0.2) is 0 Å². The second kappa shape index (κ2) is 11.3. The molecular formula is C11H22Se. The van der Waals surface area contributed by atoms with Crippen LogP contribution in [0.4, 0.5) is 0 Å². The van der Waals surface area contributed by atoms with Gasteiger partial charge in [0.05, 0.1) is 0 Å². The molecule has 1 heteroatoms. The molecule has 0 aromatic carbocycles. The van der Waals surface area contributed by atoms with Gasteiger partial charge in [0.25, 0.3) is 0 Å². The van der Waals surface area contributed by atoms with Crippen molar-refractivity contribution in [1.29, 1.82) is 0 Å². The Labute approximate surface area is 84.0 Å². The van der Waals surface area contributed by atoms with Crippen LogP contribution in [-0.4, -0.2) is 15.0 Å². The predicted octanol–water partition coefficient (Wildman–Crippen LogP) is 4.07. The van der Waals surface area contributed by atoms with Gasteiger partial charge in [-0.1, -0.05) is 0 Å². The molecule has 0 spiro atoms. The zero-order chi connectivity index (χ0) is 9.07. The molecule has 0 aliphatic carbocycles. The number of hydrogen-bond donors (Lipinski definition) is 0. The molecule has 0 nitrogen and oxygen atoms in total. The third-order valence-electron chi connectivity index (χ3n) is 1.81. The van der Waals surface area contributed by atoms with Crippen LogP contribution in [-0.2, 0) is 0 Å². The fourth-order valence-electron chi connectivity index (χ4n) is 1.05. The van der Waals surface area contributed by atoms with Crippen LogP contribution in [0.3, 0.4) is 0 Å².